The van der Waals surface area contributed by atoms with Crippen molar-refractivity contribution in [3.63, 3.8) is 0 Å². The van der Waals surface area contributed by atoms with E-state index in [0.717, 1.165) is 11.0 Å². The lowest BCUT2D eigenvalue weighted by Gasteiger charge is -2.41. The number of carbonyl (C=O) groups excluding carboxylic acids is 1. The summed E-state index contributed by atoms with van der Waals surface area (Å²) in [6, 6.07) is 8.30. The van der Waals surface area contributed by atoms with E-state index in [4.69, 9.17) is 5.73 Å². The van der Waals surface area contributed by atoms with E-state index >= 15 is 0 Å². The average Bonchev–Trinajstić information content (AvgIpc) is 2.66. The lowest BCUT2D eigenvalue weighted by Crippen LogP contribution is -2.52. The molecule has 0 fully saturated rings. The van der Waals surface area contributed by atoms with Crippen LogP contribution in [0.15, 0.2) is 47.5 Å². The maximum atomic E-state index is 14.6. The molecule has 2 aromatic carbocycles. The second kappa shape index (κ2) is 7.17. The van der Waals surface area contributed by atoms with Gasteiger partial charge in [0.05, 0.1) is 5.92 Å². The fraction of sp³-hybridized carbons (Fsp3) is 0.333. The Balaban J connectivity index is 2.17. The molecule has 0 bridgehead atoms. The van der Waals surface area contributed by atoms with Gasteiger partial charge < -0.3 is 5.73 Å². The predicted octanol–water partition coefficient (Wildman–Crippen LogP) is 4.25. The molecule has 29 heavy (non-hydrogen) atoms. The molecule has 0 radical (unpaired) electrons. The van der Waals surface area contributed by atoms with Gasteiger partial charge in [-0.2, -0.15) is 0 Å². The molecule has 154 valence electrons. The zero-order valence-corrected chi connectivity index (χ0v) is 16.2. The van der Waals surface area contributed by atoms with Gasteiger partial charge in [0.2, 0.25) is 5.91 Å². The summed E-state index contributed by atoms with van der Waals surface area (Å²) in [4.78, 5) is 18.5. The Bertz CT molecular complexity index is 974. The smallest absolute Gasteiger partial charge is 0.273 e. The first-order valence-electron chi connectivity index (χ1n) is 9.08. The van der Waals surface area contributed by atoms with E-state index in [9.17, 15) is 22.4 Å². The van der Waals surface area contributed by atoms with Crippen LogP contribution in [0.5, 0.6) is 0 Å². The summed E-state index contributed by atoms with van der Waals surface area (Å²) < 4.78 is 55.9. The van der Waals surface area contributed by atoms with Crippen LogP contribution in [0.3, 0.4) is 0 Å². The molecule has 0 aromatic heterocycles. The fourth-order valence-electron chi connectivity index (χ4n) is 3.63. The monoisotopic (exact) mass is 407 g/mol. The van der Waals surface area contributed by atoms with Crippen molar-refractivity contribution in [2.24, 2.45) is 10.7 Å². The molecule has 0 unspecified atom stereocenters. The molecule has 3 rings (SSSR count). The first-order valence-corrected chi connectivity index (χ1v) is 9.08. The number of nitrogens with two attached hydrogens (primary N) is 1. The van der Waals surface area contributed by atoms with Crippen molar-refractivity contribution in [1.29, 1.82) is 0 Å². The highest BCUT2D eigenvalue weighted by atomic mass is 19.3. The summed E-state index contributed by atoms with van der Waals surface area (Å²) in [5.41, 5.74) is 4.55. The third-order valence-corrected chi connectivity index (χ3v) is 5.42. The number of nitrogens with zero attached hydrogens (tertiary/aromatic N) is 2. The molecular formula is C21H21F4N3O. The minimum atomic E-state index is -3.00. The van der Waals surface area contributed by atoms with Gasteiger partial charge in [0, 0.05) is 30.7 Å². The molecule has 2 aromatic rings. The summed E-state index contributed by atoms with van der Waals surface area (Å²) in [5, 5.41) is 0. The number of likely N-dealkylation sites (N-methyl/N-ethyl adjacent to an activating group) is 1. The fourth-order valence-corrected chi connectivity index (χ4v) is 3.63. The van der Waals surface area contributed by atoms with E-state index in [1.807, 2.05) is 0 Å². The van der Waals surface area contributed by atoms with Crippen LogP contribution >= 0.6 is 0 Å². The highest BCUT2D eigenvalue weighted by Crippen LogP contribution is 2.45. The van der Waals surface area contributed by atoms with Crippen LogP contribution in [0.4, 0.5) is 17.6 Å². The summed E-state index contributed by atoms with van der Waals surface area (Å²) in [6.45, 7) is 2.89. The molecule has 8 heteroatoms. The van der Waals surface area contributed by atoms with Crippen molar-refractivity contribution >= 4 is 11.9 Å². The molecule has 0 saturated heterocycles. The van der Waals surface area contributed by atoms with Crippen LogP contribution in [-0.2, 0) is 16.3 Å². The van der Waals surface area contributed by atoms with Gasteiger partial charge in [-0.1, -0.05) is 37.3 Å². The van der Waals surface area contributed by atoms with E-state index in [-0.39, 0.29) is 23.5 Å². The number of halogens is 4. The summed E-state index contributed by atoms with van der Waals surface area (Å²) >= 11 is 0. The molecule has 2 atom stereocenters. The normalized spacial score (nSPS) is 22.6. The number of hydrogen-bond acceptors (Lipinski definition) is 3. The molecule has 0 saturated carbocycles. The first-order chi connectivity index (χ1) is 13.5. The third kappa shape index (κ3) is 3.47. The van der Waals surface area contributed by atoms with Crippen molar-refractivity contribution in [2.45, 2.75) is 37.6 Å². The highest BCUT2D eigenvalue weighted by molar-refractivity contribution is 6.02. The predicted molar refractivity (Wildman–Crippen MR) is 101 cm³/mol. The van der Waals surface area contributed by atoms with E-state index in [1.54, 1.807) is 0 Å². The maximum absolute atomic E-state index is 14.6. The van der Waals surface area contributed by atoms with Crippen molar-refractivity contribution in [2.75, 3.05) is 7.05 Å². The lowest BCUT2D eigenvalue weighted by molar-refractivity contribution is -0.130. The van der Waals surface area contributed by atoms with Gasteiger partial charge in [0.15, 0.2) is 5.96 Å². The van der Waals surface area contributed by atoms with Crippen molar-refractivity contribution in [3.8, 4) is 0 Å². The van der Waals surface area contributed by atoms with Crippen LogP contribution in [0, 0.1) is 11.6 Å². The largest absolute Gasteiger partial charge is 0.369 e. The van der Waals surface area contributed by atoms with Gasteiger partial charge in [-0.05, 0) is 18.6 Å². The quantitative estimate of drug-likeness (QED) is 0.771. The molecule has 1 heterocycles. The zero-order valence-electron chi connectivity index (χ0n) is 16.2. The molecule has 1 amide bonds. The summed E-state index contributed by atoms with van der Waals surface area (Å²) in [7, 11) is 1.42. The third-order valence-electron chi connectivity index (χ3n) is 5.42. The SMILES string of the molecule is CCC(F)(F)c1ccc([C@@H]2C(=O)N(C)C(N)=N[C@]2(C)c2ccc(F)cc2F)cc1. The number of carbonyl (C=O) groups is 1. The van der Waals surface area contributed by atoms with E-state index in [1.165, 1.54) is 51.2 Å². The van der Waals surface area contributed by atoms with E-state index in [2.05, 4.69) is 4.99 Å². The number of guanidine groups is 1. The first kappa shape index (κ1) is 20.8. The Labute approximate surface area is 166 Å². The van der Waals surface area contributed by atoms with Crippen LogP contribution in [-0.4, -0.2) is 23.8 Å². The van der Waals surface area contributed by atoms with E-state index < -0.39 is 34.9 Å². The van der Waals surface area contributed by atoms with Gasteiger partial charge in [-0.15, -0.1) is 0 Å². The standard InChI is InChI=1S/C21H21F4N3O/c1-4-21(24,25)13-7-5-12(6-8-13)17-18(29)28(3)19(26)27-20(17,2)15-10-9-14(22)11-16(15)23/h5-11,17H,4H2,1-3H3,(H2,26,27)/t17-,20-/m1/s1. The van der Waals surface area contributed by atoms with Gasteiger partial charge >= 0.3 is 0 Å². The van der Waals surface area contributed by atoms with Crippen LogP contribution < -0.4 is 5.73 Å². The molecule has 4 nitrogen and oxygen atoms in total. The average molecular weight is 407 g/mol. The second-order valence-electron chi connectivity index (χ2n) is 7.25. The van der Waals surface area contributed by atoms with Gasteiger partial charge in [-0.25, -0.2) is 22.6 Å². The van der Waals surface area contributed by atoms with Crippen LogP contribution in [0.1, 0.15) is 42.9 Å². The zero-order chi connectivity index (χ0) is 21.6. The Morgan fingerprint density at radius 1 is 1.17 bits per heavy atom. The minimum Gasteiger partial charge on any atom is -0.369 e. The van der Waals surface area contributed by atoms with Gasteiger partial charge in [0.1, 0.15) is 17.2 Å². The van der Waals surface area contributed by atoms with Crippen molar-refractivity contribution in [1.82, 2.24) is 4.90 Å². The molecule has 2 N–H and O–H groups in total. The highest BCUT2D eigenvalue weighted by Gasteiger charge is 2.48. The van der Waals surface area contributed by atoms with Crippen molar-refractivity contribution in [3.05, 3.63) is 70.8 Å². The van der Waals surface area contributed by atoms with Gasteiger partial charge in [0.25, 0.3) is 5.92 Å². The molecule has 0 aliphatic carbocycles. The second-order valence-corrected chi connectivity index (χ2v) is 7.25. The number of benzene rings is 2. The Kier molecular flexibility index (Phi) is 5.15. The topological polar surface area (TPSA) is 58.7 Å². The Hall–Kier alpha value is -2.90. The summed E-state index contributed by atoms with van der Waals surface area (Å²) in [6.07, 6.45) is -0.364. The maximum Gasteiger partial charge on any atom is 0.273 e. The summed E-state index contributed by atoms with van der Waals surface area (Å²) in [5.74, 6) is -6.27. The van der Waals surface area contributed by atoms with Crippen molar-refractivity contribution < 1.29 is 22.4 Å². The minimum absolute atomic E-state index is 0.0173. The Morgan fingerprint density at radius 3 is 2.34 bits per heavy atom. The number of alkyl halides is 2. The molecule has 1 aliphatic rings. The number of rotatable bonds is 4. The number of hydrogen-bond donors (Lipinski definition) is 1. The molecule has 0 spiro atoms. The molecular weight excluding hydrogens is 386 g/mol. The molecule has 1 aliphatic heterocycles. The number of amides is 1. The van der Waals surface area contributed by atoms with Crippen LogP contribution in [0.2, 0.25) is 0 Å². The van der Waals surface area contributed by atoms with Crippen LogP contribution in [0.25, 0.3) is 0 Å². The van der Waals surface area contributed by atoms with E-state index in [0.29, 0.717) is 11.6 Å². The lowest BCUT2D eigenvalue weighted by atomic mass is 9.74. The Morgan fingerprint density at radius 2 is 1.79 bits per heavy atom. The number of aliphatic imine (C=N–C) groups is 1. The van der Waals surface area contributed by atoms with Gasteiger partial charge in [-0.3, -0.25) is 9.69 Å².